The van der Waals surface area contributed by atoms with Gasteiger partial charge in [-0.15, -0.1) is 0 Å². The van der Waals surface area contributed by atoms with E-state index in [0.29, 0.717) is 26.9 Å². The van der Waals surface area contributed by atoms with Crippen LogP contribution in [0, 0.1) is 6.92 Å². The molecule has 0 aliphatic rings. The minimum Gasteiger partial charge on any atom is -0.301 e. The first kappa shape index (κ1) is 10.4. The third-order valence-corrected chi connectivity index (χ3v) is 2.78. The lowest BCUT2D eigenvalue weighted by atomic mass is 10.2. The summed E-state index contributed by atoms with van der Waals surface area (Å²) in [5, 5.41) is 1.43. The zero-order chi connectivity index (χ0) is 11.0. The van der Waals surface area contributed by atoms with Gasteiger partial charge in [0.15, 0.2) is 5.16 Å². The van der Waals surface area contributed by atoms with Crippen LogP contribution in [0.5, 0.6) is 0 Å². The second kappa shape index (κ2) is 3.83. The average Bonchev–Trinajstić information content (AvgIpc) is 2.15. The molecule has 0 atom stereocenters. The Morgan fingerprint density at radius 3 is 2.87 bits per heavy atom. The van der Waals surface area contributed by atoms with E-state index in [1.807, 2.05) is 6.26 Å². The second-order valence-corrected chi connectivity index (χ2v) is 4.18. The molecule has 0 amide bonds. The topological polar surface area (TPSA) is 58.6 Å². The molecule has 0 aliphatic carbocycles. The summed E-state index contributed by atoms with van der Waals surface area (Å²) in [4.78, 5) is 22.6. The third kappa shape index (κ3) is 1.85. The molecule has 78 valence electrons. The van der Waals surface area contributed by atoms with Gasteiger partial charge in [0.2, 0.25) is 0 Å². The number of hydrogen-bond donors (Lipinski definition) is 1. The van der Waals surface area contributed by atoms with E-state index >= 15 is 0 Å². The number of rotatable bonds is 1. The Hall–Kier alpha value is -1.07. The van der Waals surface area contributed by atoms with E-state index in [9.17, 15) is 4.79 Å². The van der Waals surface area contributed by atoms with Crippen molar-refractivity contribution >= 4 is 34.3 Å². The van der Waals surface area contributed by atoms with E-state index in [4.69, 9.17) is 11.6 Å². The van der Waals surface area contributed by atoms with Gasteiger partial charge < -0.3 is 4.98 Å². The van der Waals surface area contributed by atoms with Gasteiger partial charge in [0, 0.05) is 6.07 Å². The van der Waals surface area contributed by atoms with E-state index in [1.165, 1.54) is 11.8 Å². The quantitative estimate of drug-likeness (QED) is 0.471. The molecule has 15 heavy (non-hydrogen) atoms. The molecule has 0 spiro atoms. The van der Waals surface area contributed by atoms with E-state index in [2.05, 4.69) is 15.0 Å². The predicted octanol–water partition coefficient (Wildman–Crippen LogP) is 2.00. The number of pyridine rings is 1. The van der Waals surface area contributed by atoms with E-state index in [0.717, 1.165) is 0 Å². The van der Waals surface area contributed by atoms with Gasteiger partial charge in [0.1, 0.15) is 5.15 Å². The van der Waals surface area contributed by atoms with Gasteiger partial charge in [-0.05, 0) is 13.2 Å². The van der Waals surface area contributed by atoms with Crippen molar-refractivity contribution in [3.05, 3.63) is 27.3 Å². The van der Waals surface area contributed by atoms with Gasteiger partial charge >= 0.3 is 0 Å². The fourth-order valence-electron chi connectivity index (χ4n) is 1.38. The molecule has 1 N–H and O–H groups in total. The Morgan fingerprint density at radius 1 is 1.47 bits per heavy atom. The van der Waals surface area contributed by atoms with Crippen molar-refractivity contribution in [2.75, 3.05) is 6.26 Å². The molecule has 0 saturated carbocycles. The molecule has 0 fully saturated rings. The smallest absolute Gasteiger partial charge is 0.261 e. The van der Waals surface area contributed by atoms with Gasteiger partial charge in [0.05, 0.1) is 16.6 Å². The van der Waals surface area contributed by atoms with Gasteiger partial charge in [0.25, 0.3) is 5.56 Å². The fraction of sp³-hybridized carbons (Fsp3) is 0.222. The number of aromatic nitrogens is 3. The van der Waals surface area contributed by atoms with Crippen LogP contribution in [0.4, 0.5) is 0 Å². The molecule has 0 aliphatic heterocycles. The second-order valence-electron chi connectivity index (χ2n) is 3.00. The van der Waals surface area contributed by atoms with E-state index in [-0.39, 0.29) is 5.56 Å². The van der Waals surface area contributed by atoms with Crippen molar-refractivity contribution in [2.24, 2.45) is 0 Å². The Balaban J connectivity index is 2.91. The number of nitrogens with zero attached hydrogens (tertiary/aromatic N) is 2. The lowest BCUT2D eigenvalue weighted by Gasteiger charge is -2.02. The van der Waals surface area contributed by atoms with Crippen LogP contribution < -0.4 is 5.56 Å². The van der Waals surface area contributed by atoms with Crippen LogP contribution >= 0.6 is 23.4 Å². The summed E-state index contributed by atoms with van der Waals surface area (Å²) in [6.07, 6.45) is 1.85. The minimum atomic E-state index is -0.175. The predicted molar refractivity (Wildman–Crippen MR) is 61.7 cm³/mol. The maximum atomic E-state index is 11.7. The highest BCUT2D eigenvalue weighted by molar-refractivity contribution is 7.98. The van der Waals surface area contributed by atoms with Crippen molar-refractivity contribution in [3.8, 4) is 0 Å². The number of aryl methyl sites for hydroxylation is 1. The van der Waals surface area contributed by atoms with Gasteiger partial charge in [-0.3, -0.25) is 4.79 Å². The number of aromatic amines is 1. The number of H-pyrrole nitrogens is 1. The maximum absolute atomic E-state index is 11.7. The normalized spacial score (nSPS) is 10.9. The van der Waals surface area contributed by atoms with Gasteiger partial charge in [-0.1, -0.05) is 23.4 Å². The Bertz CT molecular complexity index is 581. The summed E-state index contributed by atoms with van der Waals surface area (Å²) < 4.78 is 0. The van der Waals surface area contributed by atoms with Crippen molar-refractivity contribution in [1.29, 1.82) is 0 Å². The average molecular weight is 242 g/mol. The minimum absolute atomic E-state index is 0.175. The van der Waals surface area contributed by atoms with Crippen LogP contribution in [0.2, 0.25) is 5.15 Å². The highest BCUT2D eigenvalue weighted by atomic mass is 35.5. The SMILES string of the molecule is CSc1nc2cc(Cl)nc(C)c2c(=O)[nH]1. The first-order valence-corrected chi connectivity index (χ1v) is 5.83. The zero-order valence-corrected chi connectivity index (χ0v) is 9.74. The summed E-state index contributed by atoms with van der Waals surface area (Å²) in [5.41, 5.74) is 1.01. The maximum Gasteiger partial charge on any atom is 0.261 e. The molecular formula is C9H8ClN3OS. The number of halogens is 1. The van der Waals surface area contributed by atoms with Crippen LogP contribution in [-0.4, -0.2) is 21.2 Å². The summed E-state index contributed by atoms with van der Waals surface area (Å²) in [7, 11) is 0. The highest BCUT2D eigenvalue weighted by Gasteiger charge is 2.08. The number of nitrogens with one attached hydrogen (secondary N) is 1. The van der Waals surface area contributed by atoms with Gasteiger partial charge in [-0.25, -0.2) is 9.97 Å². The molecule has 2 aromatic rings. The standard InChI is InChI=1S/C9H8ClN3OS/c1-4-7-5(3-6(10)11-4)12-9(15-2)13-8(7)14/h3H,1-2H3,(H,12,13,14). The van der Waals surface area contributed by atoms with Crippen molar-refractivity contribution < 1.29 is 0 Å². The molecule has 2 rings (SSSR count). The van der Waals surface area contributed by atoms with E-state index < -0.39 is 0 Å². The lowest BCUT2D eigenvalue weighted by molar-refractivity contribution is 0.971. The molecule has 2 heterocycles. The van der Waals surface area contributed by atoms with E-state index in [1.54, 1.807) is 13.0 Å². The third-order valence-electron chi connectivity index (χ3n) is 2.01. The molecule has 0 aromatic carbocycles. The molecule has 0 radical (unpaired) electrons. The summed E-state index contributed by atoms with van der Waals surface area (Å²) >= 11 is 7.18. The van der Waals surface area contributed by atoms with Crippen LogP contribution in [0.15, 0.2) is 16.0 Å². The van der Waals surface area contributed by atoms with Crippen LogP contribution in [0.3, 0.4) is 0 Å². The summed E-state index contributed by atoms with van der Waals surface area (Å²) in [6, 6.07) is 1.60. The molecule has 4 nitrogen and oxygen atoms in total. The molecule has 2 aromatic heterocycles. The molecule has 0 saturated heterocycles. The van der Waals surface area contributed by atoms with Gasteiger partial charge in [-0.2, -0.15) is 0 Å². The Morgan fingerprint density at radius 2 is 2.20 bits per heavy atom. The van der Waals surface area contributed by atoms with Crippen LogP contribution in [0.1, 0.15) is 5.69 Å². The highest BCUT2D eigenvalue weighted by Crippen LogP contribution is 2.17. The molecule has 0 bridgehead atoms. The first-order chi connectivity index (χ1) is 7.11. The number of fused-ring (bicyclic) bond motifs is 1. The largest absolute Gasteiger partial charge is 0.301 e. The molecular weight excluding hydrogens is 234 g/mol. The first-order valence-electron chi connectivity index (χ1n) is 4.23. The van der Waals surface area contributed by atoms with Crippen molar-refractivity contribution in [3.63, 3.8) is 0 Å². The Labute approximate surface area is 95.1 Å². The monoisotopic (exact) mass is 241 g/mol. The Kier molecular flexibility index (Phi) is 2.67. The fourth-order valence-corrected chi connectivity index (χ4v) is 2.00. The zero-order valence-electron chi connectivity index (χ0n) is 8.17. The summed E-state index contributed by atoms with van der Waals surface area (Å²) in [5.74, 6) is 0. The lowest BCUT2D eigenvalue weighted by Crippen LogP contribution is -2.11. The number of thioether (sulfide) groups is 1. The molecule has 6 heteroatoms. The van der Waals surface area contributed by atoms with Crippen LogP contribution in [0.25, 0.3) is 10.9 Å². The van der Waals surface area contributed by atoms with Crippen molar-refractivity contribution in [2.45, 2.75) is 12.1 Å². The molecule has 0 unspecified atom stereocenters. The van der Waals surface area contributed by atoms with Crippen LogP contribution in [-0.2, 0) is 0 Å². The summed E-state index contributed by atoms with van der Waals surface area (Å²) in [6.45, 7) is 1.74. The van der Waals surface area contributed by atoms with Crippen molar-refractivity contribution in [1.82, 2.24) is 15.0 Å². The number of hydrogen-bond acceptors (Lipinski definition) is 4.